The molecule has 0 atom stereocenters. The second-order valence-electron chi connectivity index (χ2n) is 3.95. The van der Waals surface area contributed by atoms with Crippen LogP contribution in [0.2, 0.25) is 0 Å². The lowest BCUT2D eigenvalue weighted by atomic mass is 10.3. The Morgan fingerprint density at radius 3 is 2.22 bits per heavy atom. The first-order chi connectivity index (χ1) is 8.88. The molecule has 0 amide bonds. The van der Waals surface area contributed by atoms with Gasteiger partial charge in [-0.3, -0.25) is 0 Å². The van der Waals surface area contributed by atoms with Gasteiger partial charge in [0.2, 0.25) is 0 Å². The quantitative estimate of drug-likeness (QED) is 0.763. The number of ether oxygens (including phenoxy) is 1. The maximum Gasteiger partial charge on any atom is 0.120 e. The molecule has 0 saturated carbocycles. The molecule has 3 nitrogen and oxygen atoms in total. The number of para-hydroxylation sites is 1. The van der Waals surface area contributed by atoms with Crippen LogP contribution in [0.15, 0.2) is 54.6 Å². The van der Waals surface area contributed by atoms with Crippen molar-refractivity contribution in [2.24, 2.45) is 0 Å². The summed E-state index contributed by atoms with van der Waals surface area (Å²) in [6.07, 6.45) is 0. The number of methoxy groups -OCH3 is 1. The zero-order valence-corrected chi connectivity index (χ0v) is 10.5. The Labute approximate surface area is 108 Å². The third-order valence-corrected chi connectivity index (χ3v) is 2.63. The van der Waals surface area contributed by atoms with E-state index in [-0.39, 0.29) is 0 Å². The van der Waals surface area contributed by atoms with Crippen molar-refractivity contribution in [1.29, 1.82) is 0 Å². The molecule has 0 radical (unpaired) electrons. The average Bonchev–Trinajstić information content (AvgIpc) is 2.45. The van der Waals surface area contributed by atoms with Gasteiger partial charge in [0.05, 0.1) is 7.11 Å². The van der Waals surface area contributed by atoms with Gasteiger partial charge < -0.3 is 15.4 Å². The van der Waals surface area contributed by atoms with Crippen molar-refractivity contribution in [1.82, 2.24) is 0 Å². The summed E-state index contributed by atoms with van der Waals surface area (Å²) in [6, 6.07) is 18.1. The maximum atomic E-state index is 5.17. The highest BCUT2D eigenvalue weighted by Crippen LogP contribution is 2.16. The Balaban J connectivity index is 1.75. The first-order valence-corrected chi connectivity index (χ1v) is 6.05. The molecule has 2 aromatic carbocycles. The minimum absolute atomic E-state index is 0.863. The summed E-state index contributed by atoms with van der Waals surface area (Å²) in [5.41, 5.74) is 2.22. The van der Waals surface area contributed by atoms with Gasteiger partial charge in [-0.05, 0) is 24.3 Å². The van der Waals surface area contributed by atoms with E-state index in [0.717, 1.165) is 30.2 Å². The monoisotopic (exact) mass is 242 g/mol. The topological polar surface area (TPSA) is 33.3 Å². The molecule has 0 spiro atoms. The minimum atomic E-state index is 0.863. The van der Waals surface area contributed by atoms with Crippen molar-refractivity contribution in [3.63, 3.8) is 0 Å². The molecule has 0 saturated heterocycles. The number of hydrogen-bond donors (Lipinski definition) is 2. The zero-order chi connectivity index (χ0) is 12.6. The predicted octanol–water partition coefficient (Wildman–Crippen LogP) is 3.22. The fourth-order valence-corrected chi connectivity index (χ4v) is 1.70. The third kappa shape index (κ3) is 3.70. The summed E-state index contributed by atoms with van der Waals surface area (Å²) in [4.78, 5) is 0. The van der Waals surface area contributed by atoms with Crippen LogP contribution in [-0.2, 0) is 0 Å². The van der Waals surface area contributed by atoms with Crippen molar-refractivity contribution in [2.75, 3.05) is 30.8 Å². The van der Waals surface area contributed by atoms with Crippen LogP contribution in [0.4, 0.5) is 11.4 Å². The Bertz CT molecular complexity index is 471. The first-order valence-electron chi connectivity index (χ1n) is 6.05. The number of hydrogen-bond acceptors (Lipinski definition) is 3. The molecule has 94 valence electrons. The van der Waals surface area contributed by atoms with Gasteiger partial charge in [0, 0.05) is 30.5 Å². The molecule has 0 fully saturated rings. The molecular weight excluding hydrogens is 224 g/mol. The lowest BCUT2D eigenvalue weighted by molar-refractivity contribution is 0.415. The van der Waals surface area contributed by atoms with Crippen molar-refractivity contribution < 1.29 is 4.74 Å². The Morgan fingerprint density at radius 2 is 1.50 bits per heavy atom. The number of rotatable bonds is 6. The molecule has 0 aliphatic rings. The molecule has 0 aliphatic heterocycles. The Kier molecular flexibility index (Phi) is 4.47. The molecule has 0 aliphatic carbocycles. The smallest absolute Gasteiger partial charge is 0.120 e. The first kappa shape index (κ1) is 12.3. The molecule has 0 unspecified atom stereocenters. The van der Waals surface area contributed by atoms with Gasteiger partial charge in [-0.15, -0.1) is 0 Å². The van der Waals surface area contributed by atoms with Gasteiger partial charge in [-0.25, -0.2) is 0 Å². The van der Waals surface area contributed by atoms with Gasteiger partial charge in [-0.1, -0.05) is 24.3 Å². The second kappa shape index (κ2) is 6.55. The summed E-state index contributed by atoms with van der Waals surface area (Å²) in [7, 11) is 1.68. The molecule has 3 heteroatoms. The van der Waals surface area contributed by atoms with Crippen LogP contribution in [0.25, 0.3) is 0 Å². The lowest BCUT2D eigenvalue weighted by Crippen LogP contribution is -2.13. The maximum absolute atomic E-state index is 5.17. The van der Waals surface area contributed by atoms with E-state index in [1.807, 2.05) is 42.5 Å². The summed E-state index contributed by atoms with van der Waals surface area (Å²) >= 11 is 0. The van der Waals surface area contributed by atoms with Gasteiger partial charge >= 0.3 is 0 Å². The minimum Gasteiger partial charge on any atom is -0.497 e. The fraction of sp³-hybridized carbons (Fsp3) is 0.200. The molecular formula is C15H18N2O. The van der Waals surface area contributed by atoms with Gasteiger partial charge in [0.25, 0.3) is 0 Å². The molecule has 0 aromatic heterocycles. The predicted molar refractivity (Wildman–Crippen MR) is 76.4 cm³/mol. The highest BCUT2D eigenvalue weighted by Gasteiger charge is 1.94. The van der Waals surface area contributed by atoms with E-state index in [9.17, 15) is 0 Å². The summed E-state index contributed by atoms with van der Waals surface area (Å²) in [5.74, 6) is 0.871. The number of nitrogens with one attached hydrogen (secondary N) is 2. The SMILES string of the molecule is COc1cccc(NCCNc2ccccc2)c1. The van der Waals surface area contributed by atoms with Crippen molar-refractivity contribution in [3.8, 4) is 5.75 Å². The zero-order valence-electron chi connectivity index (χ0n) is 10.5. The summed E-state index contributed by atoms with van der Waals surface area (Å²) < 4.78 is 5.17. The van der Waals surface area contributed by atoms with E-state index >= 15 is 0 Å². The van der Waals surface area contributed by atoms with Crippen LogP contribution in [0.3, 0.4) is 0 Å². The normalized spacial score (nSPS) is 9.83. The van der Waals surface area contributed by atoms with Crippen LogP contribution in [0.5, 0.6) is 5.75 Å². The van der Waals surface area contributed by atoms with Crippen LogP contribution < -0.4 is 15.4 Å². The molecule has 0 bridgehead atoms. The van der Waals surface area contributed by atoms with Crippen LogP contribution in [-0.4, -0.2) is 20.2 Å². The molecule has 0 heterocycles. The van der Waals surface area contributed by atoms with Gasteiger partial charge in [0.1, 0.15) is 5.75 Å². The van der Waals surface area contributed by atoms with E-state index < -0.39 is 0 Å². The highest BCUT2D eigenvalue weighted by molar-refractivity contribution is 5.48. The largest absolute Gasteiger partial charge is 0.497 e. The fourth-order valence-electron chi connectivity index (χ4n) is 1.70. The van der Waals surface area contributed by atoms with E-state index in [4.69, 9.17) is 4.74 Å². The van der Waals surface area contributed by atoms with Crippen LogP contribution >= 0.6 is 0 Å². The summed E-state index contributed by atoms with van der Waals surface area (Å²) in [5, 5.41) is 6.70. The van der Waals surface area contributed by atoms with Crippen molar-refractivity contribution in [2.45, 2.75) is 0 Å². The van der Waals surface area contributed by atoms with E-state index in [2.05, 4.69) is 22.8 Å². The molecule has 2 aromatic rings. The number of anilines is 2. The molecule has 2 rings (SSSR count). The Morgan fingerprint density at radius 1 is 0.833 bits per heavy atom. The van der Waals surface area contributed by atoms with E-state index in [1.165, 1.54) is 0 Å². The Hall–Kier alpha value is -2.16. The lowest BCUT2D eigenvalue weighted by Gasteiger charge is -2.09. The van der Waals surface area contributed by atoms with Crippen LogP contribution in [0, 0.1) is 0 Å². The molecule has 2 N–H and O–H groups in total. The van der Waals surface area contributed by atoms with E-state index in [0.29, 0.717) is 0 Å². The van der Waals surface area contributed by atoms with Crippen molar-refractivity contribution >= 4 is 11.4 Å². The summed E-state index contributed by atoms with van der Waals surface area (Å²) in [6.45, 7) is 1.74. The number of benzene rings is 2. The standard InChI is InChI=1S/C15H18N2O/c1-18-15-9-5-8-14(12-15)17-11-10-16-13-6-3-2-4-7-13/h2-9,12,16-17H,10-11H2,1H3. The van der Waals surface area contributed by atoms with E-state index in [1.54, 1.807) is 7.11 Å². The second-order valence-corrected chi connectivity index (χ2v) is 3.95. The molecule has 18 heavy (non-hydrogen) atoms. The van der Waals surface area contributed by atoms with Gasteiger partial charge in [0.15, 0.2) is 0 Å². The average molecular weight is 242 g/mol. The van der Waals surface area contributed by atoms with Gasteiger partial charge in [-0.2, -0.15) is 0 Å². The van der Waals surface area contributed by atoms with Crippen molar-refractivity contribution in [3.05, 3.63) is 54.6 Å². The third-order valence-electron chi connectivity index (χ3n) is 2.63. The highest BCUT2D eigenvalue weighted by atomic mass is 16.5. The van der Waals surface area contributed by atoms with Crippen LogP contribution in [0.1, 0.15) is 0 Å².